The van der Waals surface area contributed by atoms with Crippen molar-refractivity contribution >= 4 is 21.6 Å². The zero-order valence-electron chi connectivity index (χ0n) is 9.38. The molecule has 96 valence electrons. The summed E-state index contributed by atoms with van der Waals surface area (Å²) < 4.78 is 25.2. The third-order valence-corrected chi connectivity index (χ3v) is 4.30. The van der Waals surface area contributed by atoms with Gasteiger partial charge < -0.3 is 10.8 Å². The maximum atomic E-state index is 12.1. The van der Waals surface area contributed by atoms with E-state index in [1.807, 2.05) is 0 Å². The maximum absolute atomic E-state index is 12.1. The number of halogens is 1. The molecule has 0 aliphatic heterocycles. The zero-order valence-corrected chi connectivity index (χ0v) is 10.9. The lowest BCUT2D eigenvalue weighted by atomic mass is 10.4. The summed E-state index contributed by atoms with van der Waals surface area (Å²) in [5.41, 5.74) is 5.23. The van der Waals surface area contributed by atoms with Gasteiger partial charge in [0, 0.05) is 25.2 Å². The molecule has 0 saturated carbocycles. The molecule has 0 heterocycles. The van der Waals surface area contributed by atoms with Crippen LogP contribution in [0.4, 0.5) is 0 Å². The summed E-state index contributed by atoms with van der Waals surface area (Å²) in [7, 11) is -2.25. The number of nitrogens with zero attached hydrogens (tertiary/aromatic N) is 1. The molecular formula is C10H15ClN2O3S. The summed E-state index contributed by atoms with van der Waals surface area (Å²) in [6.07, 6.45) is -0.881. The lowest BCUT2D eigenvalue weighted by Gasteiger charge is -2.19. The Labute approximate surface area is 106 Å². The van der Waals surface area contributed by atoms with Crippen molar-refractivity contribution in [3.05, 3.63) is 29.3 Å². The van der Waals surface area contributed by atoms with Gasteiger partial charge in [0.25, 0.3) is 0 Å². The Hall–Kier alpha value is -0.660. The highest BCUT2D eigenvalue weighted by atomic mass is 35.5. The van der Waals surface area contributed by atoms with Crippen molar-refractivity contribution in [2.45, 2.75) is 11.0 Å². The van der Waals surface area contributed by atoms with Crippen LogP contribution in [0.5, 0.6) is 0 Å². The van der Waals surface area contributed by atoms with Gasteiger partial charge in [-0.3, -0.25) is 0 Å². The average molecular weight is 279 g/mol. The Balaban J connectivity index is 2.95. The van der Waals surface area contributed by atoms with Crippen molar-refractivity contribution in [1.82, 2.24) is 4.31 Å². The lowest BCUT2D eigenvalue weighted by Crippen LogP contribution is -2.37. The van der Waals surface area contributed by atoms with Gasteiger partial charge in [-0.1, -0.05) is 17.7 Å². The molecule has 0 aromatic heterocycles. The monoisotopic (exact) mass is 278 g/mol. The van der Waals surface area contributed by atoms with Gasteiger partial charge in [-0.2, -0.15) is 4.31 Å². The maximum Gasteiger partial charge on any atom is 0.242 e. The third-order valence-electron chi connectivity index (χ3n) is 2.24. The Morgan fingerprint density at radius 1 is 1.53 bits per heavy atom. The Morgan fingerprint density at radius 2 is 2.18 bits per heavy atom. The van der Waals surface area contributed by atoms with Gasteiger partial charge in [-0.05, 0) is 18.2 Å². The van der Waals surface area contributed by atoms with E-state index in [1.54, 1.807) is 12.1 Å². The molecule has 1 aromatic rings. The molecule has 7 heteroatoms. The average Bonchev–Trinajstić information content (AvgIpc) is 2.28. The molecule has 1 aromatic carbocycles. The van der Waals surface area contributed by atoms with Crippen molar-refractivity contribution in [1.29, 1.82) is 0 Å². The SMILES string of the molecule is CN(CC(O)CN)S(=O)(=O)c1cccc(Cl)c1. The van der Waals surface area contributed by atoms with Crippen molar-refractivity contribution in [2.75, 3.05) is 20.1 Å². The van der Waals surface area contributed by atoms with E-state index < -0.39 is 16.1 Å². The van der Waals surface area contributed by atoms with Gasteiger partial charge in [0.05, 0.1) is 11.0 Å². The molecule has 1 unspecified atom stereocenters. The molecule has 0 bridgehead atoms. The molecule has 17 heavy (non-hydrogen) atoms. The second-order valence-electron chi connectivity index (χ2n) is 3.63. The van der Waals surface area contributed by atoms with Gasteiger partial charge >= 0.3 is 0 Å². The summed E-state index contributed by atoms with van der Waals surface area (Å²) in [6.45, 7) is -0.0409. The molecule has 0 spiro atoms. The molecule has 0 aliphatic carbocycles. The van der Waals surface area contributed by atoms with Gasteiger partial charge in [0.15, 0.2) is 0 Å². The number of sulfonamides is 1. The summed E-state index contributed by atoms with van der Waals surface area (Å²) in [6, 6.07) is 5.96. The quantitative estimate of drug-likeness (QED) is 0.810. The van der Waals surface area contributed by atoms with E-state index in [0.29, 0.717) is 5.02 Å². The molecule has 5 nitrogen and oxygen atoms in total. The molecule has 0 amide bonds. The normalized spacial score (nSPS) is 13.9. The number of nitrogens with two attached hydrogens (primary N) is 1. The smallest absolute Gasteiger partial charge is 0.242 e. The molecule has 3 N–H and O–H groups in total. The van der Waals surface area contributed by atoms with Crippen LogP contribution in [0.1, 0.15) is 0 Å². The minimum Gasteiger partial charge on any atom is -0.390 e. The number of hydrogen-bond donors (Lipinski definition) is 2. The van der Waals surface area contributed by atoms with Crippen LogP contribution in [-0.4, -0.2) is 44.1 Å². The minimum absolute atomic E-state index is 0.00933. The van der Waals surface area contributed by atoms with Gasteiger partial charge in [0.2, 0.25) is 10.0 Å². The highest BCUT2D eigenvalue weighted by Crippen LogP contribution is 2.18. The summed E-state index contributed by atoms with van der Waals surface area (Å²) in [5, 5.41) is 9.68. The van der Waals surface area contributed by atoms with Crippen LogP contribution in [-0.2, 0) is 10.0 Å². The van der Waals surface area contributed by atoms with Gasteiger partial charge in [-0.25, -0.2) is 8.42 Å². The topological polar surface area (TPSA) is 83.6 Å². The molecule has 0 radical (unpaired) electrons. The largest absolute Gasteiger partial charge is 0.390 e. The van der Waals surface area contributed by atoms with Crippen molar-refractivity contribution in [3.8, 4) is 0 Å². The van der Waals surface area contributed by atoms with E-state index in [9.17, 15) is 13.5 Å². The van der Waals surface area contributed by atoms with Crippen LogP contribution in [0.15, 0.2) is 29.2 Å². The van der Waals surface area contributed by atoms with Crippen LogP contribution >= 0.6 is 11.6 Å². The molecule has 1 rings (SSSR count). The van der Waals surface area contributed by atoms with Crippen molar-refractivity contribution < 1.29 is 13.5 Å². The van der Waals surface area contributed by atoms with Gasteiger partial charge in [0.1, 0.15) is 0 Å². The number of hydrogen-bond acceptors (Lipinski definition) is 4. The van der Waals surface area contributed by atoms with Crippen molar-refractivity contribution in [2.24, 2.45) is 5.73 Å². The second-order valence-corrected chi connectivity index (χ2v) is 6.11. The predicted molar refractivity (Wildman–Crippen MR) is 66.3 cm³/mol. The van der Waals surface area contributed by atoms with Crippen LogP contribution in [0.2, 0.25) is 5.02 Å². The summed E-state index contributed by atoms with van der Waals surface area (Å²) >= 11 is 5.74. The fraction of sp³-hybridized carbons (Fsp3) is 0.400. The first-order valence-corrected chi connectivity index (χ1v) is 6.79. The van der Waals surface area contributed by atoms with Crippen LogP contribution in [0.3, 0.4) is 0 Å². The number of likely N-dealkylation sites (N-methyl/N-ethyl adjacent to an activating group) is 1. The lowest BCUT2D eigenvalue weighted by molar-refractivity contribution is 0.160. The zero-order chi connectivity index (χ0) is 13.1. The van der Waals surface area contributed by atoms with Crippen molar-refractivity contribution in [3.63, 3.8) is 0 Å². The Bertz CT molecular complexity index is 478. The number of rotatable bonds is 5. The second kappa shape index (κ2) is 5.79. The predicted octanol–water partition coefficient (Wildman–Crippen LogP) is 0.280. The molecule has 1 atom stereocenters. The van der Waals surface area contributed by atoms with Crippen LogP contribution < -0.4 is 5.73 Å². The van der Waals surface area contributed by atoms with E-state index >= 15 is 0 Å². The Morgan fingerprint density at radius 3 is 2.71 bits per heavy atom. The number of benzene rings is 1. The van der Waals surface area contributed by atoms with E-state index in [4.69, 9.17) is 17.3 Å². The molecule has 0 fully saturated rings. The van der Waals surface area contributed by atoms with E-state index in [-0.39, 0.29) is 18.0 Å². The molecular weight excluding hydrogens is 264 g/mol. The van der Waals surface area contributed by atoms with E-state index in [2.05, 4.69) is 0 Å². The highest BCUT2D eigenvalue weighted by molar-refractivity contribution is 7.89. The summed E-state index contributed by atoms with van der Waals surface area (Å²) in [4.78, 5) is 0.0942. The number of aliphatic hydroxyl groups excluding tert-OH is 1. The standard InChI is InChI=1S/C10H15ClN2O3S/c1-13(7-9(14)6-12)17(15,16)10-4-2-3-8(11)5-10/h2-5,9,14H,6-7,12H2,1H3. The fourth-order valence-corrected chi connectivity index (χ4v) is 2.79. The molecule has 0 aliphatic rings. The Kier molecular flexibility index (Phi) is 4.91. The van der Waals surface area contributed by atoms with E-state index in [1.165, 1.54) is 19.2 Å². The van der Waals surface area contributed by atoms with Gasteiger partial charge in [-0.15, -0.1) is 0 Å². The first-order valence-electron chi connectivity index (χ1n) is 4.98. The first kappa shape index (κ1) is 14.4. The number of aliphatic hydroxyl groups is 1. The third kappa shape index (κ3) is 3.65. The molecule has 0 saturated heterocycles. The van der Waals surface area contributed by atoms with Crippen LogP contribution in [0.25, 0.3) is 0 Å². The minimum atomic E-state index is -3.63. The highest BCUT2D eigenvalue weighted by Gasteiger charge is 2.22. The summed E-state index contributed by atoms with van der Waals surface area (Å²) in [5.74, 6) is 0. The van der Waals surface area contributed by atoms with Crippen LogP contribution in [0, 0.1) is 0 Å². The van der Waals surface area contributed by atoms with E-state index in [0.717, 1.165) is 4.31 Å². The fourth-order valence-electron chi connectivity index (χ4n) is 1.28. The first-order chi connectivity index (χ1) is 7.87.